The summed E-state index contributed by atoms with van der Waals surface area (Å²) in [4.78, 5) is 45.7. The van der Waals surface area contributed by atoms with Crippen LogP contribution in [0.15, 0.2) is 0 Å². The molecule has 3 amide bonds. The van der Waals surface area contributed by atoms with E-state index in [-0.39, 0.29) is 25.3 Å². The number of nitrogens with zero attached hydrogens (tertiary/aromatic N) is 1. The smallest absolute Gasteiger partial charge is 0.326 e. The van der Waals surface area contributed by atoms with Crippen molar-refractivity contribution >= 4 is 35.5 Å². The minimum Gasteiger partial charge on any atom is -0.480 e. The normalized spacial score (nSPS) is 16.2. The Morgan fingerprint density at radius 2 is 2.16 bits per heavy atom. The molecule has 1 atom stereocenters. The van der Waals surface area contributed by atoms with Crippen LogP contribution in [0.1, 0.15) is 12.8 Å². The lowest BCUT2D eigenvalue weighted by Gasteiger charge is -2.17. The number of primary amides is 1. The van der Waals surface area contributed by atoms with Gasteiger partial charge >= 0.3 is 5.97 Å². The summed E-state index contributed by atoms with van der Waals surface area (Å²) in [5, 5.41) is 11.2. The molecule has 0 bridgehead atoms. The van der Waals surface area contributed by atoms with Crippen LogP contribution in [0.4, 0.5) is 0 Å². The molecular formula is C10H15N3O5S. The van der Waals surface area contributed by atoms with E-state index < -0.39 is 23.8 Å². The number of nitrogens with two attached hydrogens (primary N) is 1. The molecule has 0 spiro atoms. The highest BCUT2D eigenvalue weighted by Gasteiger charge is 2.25. The topological polar surface area (TPSA) is 130 Å². The largest absolute Gasteiger partial charge is 0.480 e. The third-order valence-corrected chi connectivity index (χ3v) is 3.42. The second-order valence-electron chi connectivity index (χ2n) is 4.03. The van der Waals surface area contributed by atoms with Gasteiger partial charge in [-0.25, -0.2) is 4.79 Å². The first-order valence-electron chi connectivity index (χ1n) is 5.56. The van der Waals surface area contributed by atoms with Crippen LogP contribution in [0.2, 0.25) is 0 Å². The first kappa shape index (κ1) is 15.3. The molecule has 1 heterocycles. The SMILES string of the molecule is NC(=O)CC[C@H](NC(=O)CN1CSCC1=O)C(=O)O. The van der Waals surface area contributed by atoms with E-state index >= 15 is 0 Å². The molecule has 19 heavy (non-hydrogen) atoms. The van der Waals surface area contributed by atoms with E-state index in [1.165, 1.54) is 16.7 Å². The maximum absolute atomic E-state index is 11.6. The van der Waals surface area contributed by atoms with Gasteiger partial charge in [0.1, 0.15) is 12.6 Å². The zero-order chi connectivity index (χ0) is 14.4. The summed E-state index contributed by atoms with van der Waals surface area (Å²) in [7, 11) is 0. The molecule has 8 nitrogen and oxygen atoms in total. The minimum atomic E-state index is -1.24. The molecule has 0 aromatic rings. The predicted octanol–water partition coefficient (Wildman–Crippen LogP) is -1.65. The van der Waals surface area contributed by atoms with Crippen LogP contribution in [0, 0.1) is 0 Å². The number of carbonyl (C=O) groups is 4. The Morgan fingerprint density at radius 1 is 1.47 bits per heavy atom. The molecule has 0 aliphatic carbocycles. The van der Waals surface area contributed by atoms with Crippen molar-refractivity contribution in [1.82, 2.24) is 10.2 Å². The number of hydrogen-bond acceptors (Lipinski definition) is 5. The highest BCUT2D eigenvalue weighted by atomic mass is 32.2. The summed E-state index contributed by atoms with van der Waals surface area (Å²) >= 11 is 1.39. The number of rotatable bonds is 7. The maximum atomic E-state index is 11.6. The quantitative estimate of drug-likeness (QED) is 0.515. The number of carbonyl (C=O) groups excluding carboxylic acids is 3. The summed E-state index contributed by atoms with van der Waals surface area (Å²) in [6.07, 6.45) is -0.200. The summed E-state index contributed by atoms with van der Waals surface area (Å²) in [6.45, 7) is -0.174. The molecule has 1 aliphatic rings. The molecule has 106 valence electrons. The molecule has 0 aromatic carbocycles. The van der Waals surface area contributed by atoms with Gasteiger partial charge in [0.25, 0.3) is 0 Å². The van der Waals surface area contributed by atoms with Crippen LogP contribution in [0.5, 0.6) is 0 Å². The highest BCUT2D eigenvalue weighted by molar-refractivity contribution is 8.00. The third kappa shape index (κ3) is 5.16. The van der Waals surface area contributed by atoms with Gasteiger partial charge in [0.2, 0.25) is 17.7 Å². The van der Waals surface area contributed by atoms with Crippen LogP contribution in [0.3, 0.4) is 0 Å². The van der Waals surface area contributed by atoms with E-state index in [2.05, 4.69) is 5.32 Å². The Balaban J connectivity index is 2.44. The van der Waals surface area contributed by atoms with Gasteiger partial charge in [0.15, 0.2) is 0 Å². The number of thioether (sulfide) groups is 1. The Hall–Kier alpha value is -1.77. The van der Waals surface area contributed by atoms with Crippen LogP contribution in [-0.4, -0.2) is 57.9 Å². The van der Waals surface area contributed by atoms with Crippen molar-refractivity contribution in [2.45, 2.75) is 18.9 Å². The number of nitrogens with one attached hydrogen (secondary N) is 1. The Morgan fingerprint density at radius 3 is 2.63 bits per heavy atom. The van der Waals surface area contributed by atoms with Gasteiger partial charge < -0.3 is 21.1 Å². The van der Waals surface area contributed by atoms with Gasteiger partial charge in [0.05, 0.1) is 11.6 Å². The van der Waals surface area contributed by atoms with Crippen molar-refractivity contribution in [1.29, 1.82) is 0 Å². The number of carboxylic acid groups (broad SMARTS) is 1. The first-order chi connectivity index (χ1) is 8.90. The molecule has 1 saturated heterocycles. The number of carboxylic acids is 1. The van der Waals surface area contributed by atoms with Crippen molar-refractivity contribution in [2.24, 2.45) is 5.73 Å². The van der Waals surface area contributed by atoms with Crippen LogP contribution < -0.4 is 11.1 Å². The average molecular weight is 289 g/mol. The molecule has 0 aromatic heterocycles. The molecule has 0 radical (unpaired) electrons. The molecule has 0 unspecified atom stereocenters. The molecule has 1 aliphatic heterocycles. The second-order valence-corrected chi connectivity index (χ2v) is 4.99. The highest BCUT2D eigenvalue weighted by Crippen LogP contribution is 2.14. The monoisotopic (exact) mass is 289 g/mol. The lowest BCUT2D eigenvalue weighted by atomic mass is 10.1. The lowest BCUT2D eigenvalue weighted by molar-refractivity contribution is -0.142. The number of aliphatic carboxylic acids is 1. The van der Waals surface area contributed by atoms with E-state index in [0.29, 0.717) is 11.6 Å². The zero-order valence-electron chi connectivity index (χ0n) is 10.1. The van der Waals surface area contributed by atoms with Crippen molar-refractivity contribution in [2.75, 3.05) is 18.2 Å². The molecule has 4 N–H and O–H groups in total. The lowest BCUT2D eigenvalue weighted by Crippen LogP contribution is -2.46. The summed E-state index contributed by atoms with van der Waals surface area (Å²) < 4.78 is 0. The minimum absolute atomic E-state index is 0.0703. The second kappa shape index (κ2) is 6.98. The Labute approximate surface area is 113 Å². The third-order valence-electron chi connectivity index (χ3n) is 2.47. The molecule has 9 heteroatoms. The molecule has 0 saturated carbocycles. The van der Waals surface area contributed by atoms with Crippen LogP contribution >= 0.6 is 11.8 Å². The van der Waals surface area contributed by atoms with Gasteiger partial charge in [-0.1, -0.05) is 0 Å². The average Bonchev–Trinajstić information content (AvgIpc) is 2.69. The zero-order valence-corrected chi connectivity index (χ0v) is 10.9. The number of amides is 3. The van der Waals surface area contributed by atoms with Crippen molar-refractivity contribution < 1.29 is 24.3 Å². The van der Waals surface area contributed by atoms with Crippen molar-refractivity contribution in [3.8, 4) is 0 Å². The van der Waals surface area contributed by atoms with E-state index in [9.17, 15) is 19.2 Å². The predicted molar refractivity (Wildman–Crippen MR) is 67.0 cm³/mol. The van der Waals surface area contributed by atoms with Crippen LogP contribution in [-0.2, 0) is 19.2 Å². The summed E-state index contributed by atoms with van der Waals surface area (Å²) in [6, 6.07) is -1.18. The Kier molecular flexibility index (Phi) is 5.61. The summed E-state index contributed by atoms with van der Waals surface area (Å²) in [5.41, 5.74) is 4.92. The molecule has 1 fully saturated rings. The van der Waals surface area contributed by atoms with Gasteiger partial charge in [-0.2, -0.15) is 0 Å². The van der Waals surface area contributed by atoms with Gasteiger partial charge in [0, 0.05) is 6.42 Å². The van der Waals surface area contributed by atoms with Crippen molar-refractivity contribution in [3.05, 3.63) is 0 Å². The standard InChI is InChI=1S/C10H15N3O5S/c11-7(14)2-1-6(10(17)18)12-8(15)3-13-5-19-4-9(13)16/h6H,1-5H2,(H2,11,14)(H,12,15)(H,17,18)/t6-/m0/s1. The van der Waals surface area contributed by atoms with E-state index in [1.807, 2.05) is 0 Å². The van der Waals surface area contributed by atoms with Crippen LogP contribution in [0.25, 0.3) is 0 Å². The first-order valence-corrected chi connectivity index (χ1v) is 6.71. The fourth-order valence-electron chi connectivity index (χ4n) is 1.50. The number of hydrogen-bond donors (Lipinski definition) is 3. The molecular weight excluding hydrogens is 274 g/mol. The molecule has 1 rings (SSSR count). The Bertz CT molecular complexity index is 401. The summed E-state index contributed by atoms with van der Waals surface area (Å²) in [5.74, 6) is -1.83. The van der Waals surface area contributed by atoms with Gasteiger partial charge in [-0.15, -0.1) is 11.8 Å². The van der Waals surface area contributed by atoms with Gasteiger partial charge in [-0.05, 0) is 6.42 Å². The van der Waals surface area contributed by atoms with Gasteiger partial charge in [-0.3, -0.25) is 14.4 Å². The fraction of sp³-hybridized carbons (Fsp3) is 0.600. The maximum Gasteiger partial charge on any atom is 0.326 e. The van der Waals surface area contributed by atoms with E-state index in [4.69, 9.17) is 10.8 Å². The fourth-order valence-corrected chi connectivity index (χ4v) is 2.40. The van der Waals surface area contributed by atoms with E-state index in [1.54, 1.807) is 0 Å². The van der Waals surface area contributed by atoms with Crippen molar-refractivity contribution in [3.63, 3.8) is 0 Å². The van der Waals surface area contributed by atoms with E-state index in [0.717, 1.165) is 0 Å².